The lowest BCUT2D eigenvalue weighted by molar-refractivity contribution is 1.22. The van der Waals surface area contributed by atoms with Crippen molar-refractivity contribution in [3.63, 3.8) is 0 Å². The number of hydrogen-bond acceptors (Lipinski definition) is 4. The standard InChI is InChI=1S/C14H15N3S/c1-15-13-8-3-4-9-14(13)17-16-11-6-5-7-12(10-11)18-2/h3-10,15H,1-2H3. The fraction of sp³-hybridized carbons (Fsp3) is 0.143. The van der Waals surface area contributed by atoms with Crippen LogP contribution in [0.25, 0.3) is 0 Å². The molecule has 0 atom stereocenters. The van der Waals surface area contributed by atoms with Gasteiger partial charge in [0.15, 0.2) is 0 Å². The smallest absolute Gasteiger partial charge is 0.109 e. The van der Waals surface area contributed by atoms with E-state index in [9.17, 15) is 0 Å². The number of para-hydroxylation sites is 1. The quantitative estimate of drug-likeness (QED) is 0.627. The molecule has 0 aromatic heterocycles. The van der Waals surface area contributed by atoms with E-state index in [4.69, 9.17) is 0 Å². The molecule has 92 valence electrons. The van der Waals surface area contributed by atoms with Crippen molar-refractivity contribution in [2.24, 2.45) is 10.2 Å². The van der Waals surface area contributed by atoms with E-state index in [0.29, 0.717) is 0 Å². The van der Waals surface area contributed by atoms with Crippen molar-refractivity contribution in [3.8, 4) is 0 Å². The van der Waals surface area contributed by atoms with E-state index in [1.807, 2.05) is 55.8 Å². The molecule has 0 heterocycles. The van der Waals surface area contributed by atoms with Gasteiger partial charge < -0.3 is 5.32 Å². The van der Waals surface area contributed by atoms with E-state index in [0.717, 1.165) is 17.1 Å². The monoisotopic (exact) mass is 257 g/mol. The Hall–Kier alpha value is -1.81. The minimum absolute atomic E-state index is 0.842. The molecule has 0 unspecified atom stereocenters. The van der Waals surface area contributed by atoms with Crippen molar-refractivity contribution in [2.75, 3.05) is 18.6 Å². The van der Waals surface area contributed by atoms with Crippen molar-refractivity contribution in [1.29, 1.82) is 0 Å². The van der Waals surface area contributed by atoms with Crippen molar-refractivity contribution in [3.05, 3.63) is 48.5 Å². The second-order valence-corrected chi connectivity index (χ2v) is 4.55. The zero-order chi connectivity index (χ0) is 12.8. The van der Waals surface area contributed by atoms with Crippen molar-refractivity contribution < 1.29 is 0 Å². The van der Waals surface area contributed by atoms with Crippen LogP contribution in [0.4, 0.5) is 17.1 Å². The Bertz CT molecular complexity index is 552. The first-order valence-electron chi connectivity index (χ1n) is 5.66. The zero-order valence-corrected chi connectivity index (χ0v) is 11.2. The summed E-state index contributed by atoms with van der Waals surface area (Å²) in [5.41, 5.74) is 2.68. The molecule has 2 aromatic rings. The average Bonchev–Trinajstić information content (AvgIpc) is 2.45. The van der Waals surface area contributed by atoms with Crippen LogP contribution in [-0.4, -0.2) is 13.3 Å². The maximum atomic E-state index is 4.28. The maximum Gasteiger partial charge on any atom is 0.109 e. The van der Waals surface area contributed by atoms with Crippen LogP contribution < -0.4 is 5.32 Å². The predicted molar refractivity (Wildman–Crippen MR) is 78.4 cm³/mol. The SMILES string of the molecule is CNc1ccccc1N=Nc1cccc(SC)c1. The number of rotatable bonds is 4. The third-order valence-electron chi connectivity index (χ3n) is 2.50. The molecule has 0 radical (unpaired) electrons. The summed E-state index contributed by atoms with van der Waals surface area (Å²) in [6, 6.07) is 15.9. The Morgan fingerprint density at radius 2 is 1.83 bits per heavy atom. The molecule has 0 saturated carbocycles. The van der Waals surface area contributed by atoms with Gasteiger partial charge in [-0.2, -0.15) is 5.11 Å². The summed E-state index contributed by atoms with van der Waals surface area (Å²) in [5, 5.41) is 11.6. The third kappa shape index (κ3) is 3.11. The van der Waals surface area contributed by atoms with E-state index < -0.39 is 0 Å². The predicted octanol–water partition coefficient (Wildman–Crippen LogP) is 4.87. The molecular formula is C14H15N3S. The highest BCUT2D eigenvalue weighted by Gasteiger charge is 1.97. The number of nitrogens with zero attached hydrogens (tertiary/aromatic N) is 2. The lowest BCUT2D eigenvalue weighted by atomic mass is 10.3. The van der Waals surface area contributed by atoms with Crippen LogP contribution in [0.1, 0.15) is 0 Å². The van der Waals surface area contributed by atoms with Gasteiger partial charge >= 0.3 is 0 Å². The lowest BCUT2D eigenvalue weighted by Crippen LogP contribution is -1.86. The first kappa shape index (κ1) is 12.6. The fourth-order valence-corrected chi connectivity index (χ4v) is 2.01. The highest BCUT2D eigenvalue weighted by molar-refractivity contribution is 7.98. The number of benzene rings is 2. The van der Waals surface area contributed by atoms with Gasteiger partial charge in [-0.25, -0.2) is 0 Å². The topological polar surface area (TPSA) is 36.8 Å². The molecule has 3 nitrogen and oxygen atoms in total. The Labute approximate surface area is 111 Å². The first-order chi connectivity index (χ1) is 8.83. The van der Waals surface area contributed by atoms with Gasteiger partial charge in [0.1, 0.15) is 5.69 Å². The molecule has 2 rings (SSSR count). The van der Waals surface area contributed by atoms with Crippen LogP contribution in [0, 0.1) is 0 Å². The first-order valence-corrected chi connectivity index (χ1v) is 6.88. The minimum Gasteiger partial charge on any atom is -0.386 e. The molecule has 0 amide bonds. The maximum absolute atomic E-state index is 4.28. The van der Waals surface area contributed by atoms with Gasteiger partial charge in [0, 0.05) is 11.9 Å². The summed E-state index contributed by atoms with van der Waals surface area (Å²) in [5.74, 6) is 0. The van der Waals surface area contributed by atoms with Crippen molar-refractivity contribution in [2.45, 2.75) is 4.90 Å². The zero-order valence-electron chi connectivity index (χ0n) is 10.4. The van der Waals surface area contributed by atoms with Crippen LogP contribution in [0.5, 0.6) is 0 Å². The Morgan fingerprint density at radius 3 is 2.61 bits per heavy atom. The van der Waals surface area contributed by atoms with Crippen LogP contribution in [0.2, 0.25) is 0 Å². The molecule has 4 heteroatoms. The molecule has 0 aliphatic rings. The minimum atomic E-state index is 0.842. The van der Waals surface area contributed by atoms with Gasteiger partial charge in [-0.3, -0.25) is 0 Å². The fourth-order valence-electron chi connectivity index (χ4n) is 1.56. The van der Waals surface area contributed by atoms with Crippen LogP contribution in [-0.2, 0) is 0 Å². The van der Waals surface area contributed by atoms with Gasteiger partial charge in [0.2, 0.25) is 0 Å². The summed E-state index contributed by atoms with van der Waals surface area (Å²) >= 11 is 1.70. The summed E-state index contributed by atoms with van der Waals surface area (Å²) in [6.45, 7) is 0. The molecule has 1 N–H and O–H groups in total. The van der Waals surface area contributed by atoms with E-state index in [-0.39, 0.29) is 0 Å². The molecule has 18 heavy (non-hydrogen) atoms. The summed E-state index contributed by atoms with van der Waals surface area (Å²) < 4.78 is 0. The number of nitrogens with one attached hydrogen (secondary N) is 1. The summed E-state index contributed by atoms with van der Waals surface area (Å²) in [6.07, 6.45) is 2.05. The molecule has 0 aliphatic heterocycles. The molecule has 0 spiro atoms. The van der Waals surface area contributed by atoms with E-state index in [1.165, 1.54) is 4.90 Å². The van der Waals surface area contributed by atoms with Crippen LogP contribution in [0.3, 0.4) is 0 Å². The Morgan fingerprint density at radius 1 is 1.00 bits per heavy atom. The largest absolute Gasteiger partial charge is 0.386 e. The second kappa shape index (κ2) is 6.21. The van der Waals surface area contributed by atoms with Gasteiger partial charge in [-0.1, -0.05) is 18.2 Å². The van der Waals surface area contributed by atoms with Gasteiger partial charge in [0.25, 0.3) is 0 Å². The van der Waals surface area contributed by atoms with E-state index >= 15 is 0 Å². The summed E-state index contributed by atoms with van der Waals surface area (Å²) in [7, 11) is 1.88. The molecule has 0 fully saturated rings. The second-order valence-electron chi connectivity index (χ2n) is 3.67. The Balaban J connectivity index is 2.24. The molecule has 0 bridgehead atoms. The molecule has 2 aromatic carbocycles. The number of thioether (sulfide) groups is 1. The number of azo groups is 1. The molecule has 0 aliphatic carbocycles. The third-order valence-corrected chi connectivity index (χ3v) is 3.23. The lowest BCUT2D eigenvalue weighted by Gasteiger charge is -2.02. The summed E-state index contributed by atoms with van der Waals surface area (Å²) in [4.78, 5) is 1.19. The highest BCUT2D eigenvalue weighted by atomic mass is 32.2. The van der Waals surface area contributed by atoms with Crippen molar-refractivity contribution in [1.82, 2.24) is 0 Å². The van der Waals surface area contributed by atoms with E-state index in [1.54, 1.807) is 11.8 Å². The van der Waals surface area contributed by atoms with Gasteiger partial charge in [-0.15, -0.1) is 16.9 Å². The van der Waals surface area contributed by atoms with Crippen LogP contribution in [0.15, 0.2) is 63.7 Å². The van der Waals surface area contributed by atoms with Crippen molar-refractivity contribution >= 4 is 28.8 Å². The van der Waals surface area contributed by atoms with E-state index in [2.05, 4.69) is 21.6 Å². The van der Waals surface area contributed by atoms with Gasteiger partial charge in [0.05, 0.1) is 11.4 Å². The van der Waals surface area contributed by atoms with Gasteiger partial charge in [-0.05, 0) is 36.6 Å². The molecule has 0 saturated heterocycles. The normalized spacial score (nSPS) is 10.8. The highest BCUT2D eigenvalue weighted by Crippen LogP contribution is 2.27. The Kier molecular flexibility index (Phi) is 4.36. The van der Waals surface area contributed by atoms with Crippen LogP contribution >= 0.6 is 11.8 Å². The molecular weight excluding hydrogens is 242 g/mol. The number of anilines is 1. The average molecular weight is 257 g/mol. The number of hydrogen-bond donors (Lipinski definition) is 1.